The van der Waals surface area contributed by atoms with Gasteiger partial charge < -0.3 is 23.8 Å². The summed E-state index contributed by atoms with van der Waals surface area (Å²) in [5, 5.41) is 0. The quantitative estimate of drug-likeness (QED) is 0.303. The zero-order valence-corrected chi connectivity index (χ0v) is 19.8. The van der Waals surface area contributed by atoms with E-state index < -0.39 is 35.9 Å². The van der Waals surface area contributed by atoms with Gasteiger partial charge in [-0.05, 0) is 48.5 Å². The van der Waals surface area contributed by atoms with Crippen LogP contribution < -0.4 is 18.9 Å². The summed E-state index contributed by atoms with van der Waals surface area (Å²) < 4.78 is 60.7. The van der Waals surface area contributed by atoms with Gasteiger partial charge in [-0.15, -0.1) is 0 Å². The van der Waals surface area contributed by atoms with Gasteiger partial charge in [0.2, 0.25) is 0 Å². The topological polar surface area (TPSA) is 74.3 Å². The first-order valence-corrected chi connectivity index (χ1v) is 10.7. The molecule has 0 saturated carbocycles. The predicted octanol–water partition coefficient (Wildman–Crippen LogP) is 4.98. The van der Waals surface area contributed by atoms with Crippen molar-refractivity contribution in [3.63, 3.8) is 0 Å². The van der Waals surface area contributed by atoms with Crippen molar-refractivity contribution in [2.45, 2.75) is 12.7 Å². The second kappa shape index (κ2) is 11.5. The van der Waals surface area contributed by atoms with E-state index in [9.17, 15) is 22.8 Å². The molecular weight excluding hydrogens is 479 g/mol. The number of hydrogen-bond donors (Lipinski definition) is 0. The highest BCUT2D eigenvalue weighted by Crippen LogP contribution is 2.36. The van der Waals surface area contributed by atoms with Crippen molar-refractivity contribution in [1.82, 2.24) is 4.90 Å². The molecule has 0 fully saturated rings. The average Bonchev–Trinajstić information content (AvgIpc) is 2.87. The van der Waals surface area contributed by atoms with Crippen molar-refractivity contribution < 1.29 is 41.7 Å². The SMILES string of the molecule is COc1ccc(C(=O)N(CC(=O)Oc2ccccc2C(F)(F)F)Cc2ccc(OC)cc2OC)cc1. The van der Waals surface area contributed by atoms with Gasteiger partial charge >= 0.3 is 12.1 Å². The van der Waals surface area contributed by atoms with Gasteiger partial charge in [-0.25, -0.2) is 4.79 Å². The fourth-order valence-electron chi connectivity index (χ4n) is 3.40. The first kappa shape index (κ1) is 26.4. The summed E-state index contributed by atoms with van der Waals surface area (Å²) in [5.74, 6) is -0.783. The normalized spacial score (nSPS) is 10.9. The van der Waals surface area contributed by atoms with Crippen LogP contribution in [-0.4, -0.2) is 44.7 Å². The molecule has 0 unspecified atom stereocenters. The highest BCUT2D eigenvalue weighted by atomic mass is 19.4. The summed E-state index contributed by atoms with van der Waals surface area (Å²) in [5.41, 5.74) is -0.307. The van der Waals surface area contributed by atoms with Gasteiger partial charge in [-0.1, -0.05) is 12.1 Å². The van der Waals surface area contributed by atoms with Crippen molar-refractivity contribution >= 4 is 11.9 Å². The number of benzene rings is 3. The van der Waals surface area contributed by atoms with E-state index in [2.05, 4.69) is 0 Å². The average molecular weight is 503 g/mol. The number of para-hydroxylation sites is 1. The van der Waals surface area contributed by atoms with Gasteiger partial charge in [0.1, 0.15) is 29.5 Å². The van der Waals surface area contributed by atoms with E-state index in [0.717, 1.165) is 17.0 Å². The van der Waals surface area contributed by atoms with Crippen molar-refractivity contribution in [3.05, 3.63) is 83.4 Å². The molecule has 0 spiro atoms. The van der Waals surface area contributed by atoms with Crippen molar-refractivity contribution in [2.75, 3.05) is 27.9 Å². The van der Waals surface area contributed by atoms with Crippen LogP contribution in [0.25, 0.3) is 0 Å². The number of amides is 1. The smallest absolute Gasteiger partial charge is 0.419 e. The van der Waals surface area contributed by atoms with Crippen molar-refractivity contribution in [1.29, 1.82) is 0 Å². The van der Waals surface area contributed by atoms with E-state index in [1.807, 2.05) is 0 Å². The molecule has 0 saturated heterocycles. The number of methoxy groups -OCH3 is 3. The Morgan fingerprint density at radius 1 is 0.806 bits per heavy atom. The molecule has 1 amide bonds. The first-order chi connectivity index (χ1) is 17.2. The molecular formula is C26H24F3NO6. The Morgan fingerprint density at radius 3 is 2.06 bits per heavy atom. The molecule has 0 radical (unpaired) electrons. The van der Waals surface area contributed by atoms with E-state index in [1.165, 1.54) is 45.6 Å². The number of halogens is 3. The van der Waals surface area contributed by atoms with Gasteiger partial charge in [0.25, 0.3) is 5.91 Å². The molecule has 0 aliphatic carbocycles. The molecule has 0 aliphatic heterocycles. The van der Waals surface area contributed by atoms with Crippen LogP contribution >= 0.6 is 0 Å². The maximum atomic E-state index is 13.3. The zero-order chi connectivity index (χ0) is 26.3. The number of carbonyl (C=O) groups is 2. The lowest BCUT2D eigenvalue weighted by molar-refractivity contribution is -0.142. The van der Waals surface area contributed by atoms with Gasteiger partial charge in [0.05, 0.1) is 33.4 Å². The van der Waals surface area contributed by atoms with Crippen molar-refractivity contribution in [3.8, 4) is 23.0 Å². The Kier molecular flexibility index (Phi) is 8.42. The second-order valence-corrected chi connectivity index (χ2v) is 7.54. The molecule has 36 heavy (non-hydrogen) atoms. The predicted molar refractivity (Wildman–Crippen MR) is 124 cm³/mol. The Morgan fingerprint density at radius 2 is 1.44 bits per heavy atom. The van der Waals surface area contributed by atoms with Crippen LogP contribution in [0.15, 0.2) is 66.7 Å². The highest BCUT2D eigenvalue weighted by molar-refractivity contribution is 5.96. The molecule has 3 aromatic carbocycles. The summed E-state index contributed by atoms with van der Waals surface area (Å²) in [4.78, 5) is 27.2. The van der Waals surface area contributed by atoms with Gasteiger partial charge in [0.15, 0.2) is 0 Å². The molecule has 10 heteroatoms. The van der Waals surface area contributed by atoms with Crippen LogP contribution in [0.2, 0.25) is 0 Å². The first-order valence-electron chi connectivity index (χ1n) is 10.7. The molecule has 0 aliphatic rings. The number of esters is 1. The number of hydrogen-bond acceptors (Lipinski definition) is 6. The molecule has 0 atom stereocenters. The minimum Gasteiger partial charge on any atom is -0.497 e. The second-order valence-electron chi connectivity index (χ2n) is 7.54. The maximum absolute atomic E-state index is 13.3. The molecule has 0 aromatic heterocycles. The summed E-state index contributed by atoms with van der Waals surface area (Å²) in [6.45, 7) is -0.708. The lowest BCUT2D eigenvalue weighted by atomic mass is 10.1. The van der Waals surface area contributed by atoms with E-state index >= 15 is 0 Å². The van der Waals surface area contributed by atoms with Gasteiger partial charge in [-0.2, -0.15) is 13.2 Å². The van der Waals surface area contributed by atoms with Crippen LogP contribution in [-0.2, 0) is 17.5 Å². The van der Waals surface area contributed by atoms with Crippen molar-refractivity contribution in [2.24, 2.45) is 0 Å². The number of rotatable bonds is 9. The third-order valence-corrected chi connectivity index (χ3v) is 5.22. The zero-order valence-electron chi connectivity index (χ0n) is 19.8. The molecule has 0 bridgehead atoms. The summed E-state index contributed by atoms with van der Waals surface area (Å²) in [6.07, 6.45) is -4.72. The Bertz CT molecular complexity index is 1210. The fourth-order valence-corrected chi connectivity index (χ4v) is 3.40. The fraction of sp³-hybridized carbons (Fsp3) is 0.231. The molecule has 0 N–H and O–H groups in total. The third kappa shape index (κ3) is 6.47. The number of carbonyl (C=O) groups excluding carboxylic acids is 2. The maximum Gasteiger partial charge on any atom is 0.419 e. The van der Waals surface area contributed by atoms with E-state index in [0.29, 0.717) is 22.8 Å². The van der Waals surface area contributed by atoms with E-state index in [4.69, 9.17) is 18.9 Å². The summed E-state index contributed by atoms with van der Waals surface area (Å²) in [6, 6.07) is 15.5. The Balaban J connectivity index is 1.90. The molecule has 190 valence electrons. The molecule has 0 heterocycles. The number of ether oxygens (including phenoxy) is 4. The lowest BCUT2D eigenvalue weighted by Crippen LogP contribution is -2.37. The molecule has 7 nitrogen and oxygen atoms in total. The van der Waals surface area contributed by atoms with Gasteiger partial charge in [0, 0.05) is 17.2 Å². The van der Waals surface area contributed by atoms with Crippen LogP contribution in [0.1, 0.15) is 21.5 Å². The lowest BCUT2D eigenvalue weighted by Gasteiger charge is -2.23. The monoisotopic (exact) mass is 503 g/mol. The van der Waals surface area contributed by atoms with Gasteiger partial charge in [-0.3, -0.25) is 4.79 Å². The Labute approximate surface area is 205 Å². The van der Waals surface area contributed by atoms with Crippen LogP contribution in [0.3, 0.4) is 0 Å². The highest BCUT2D eigenvalue weighted by Gasteiger charge is 2.35. The third-order valence-electron chi connectivity index (χ3n) is 5.22. The molecule has 3 aromatic rings. The standard InChI is InChI=1S/C26H24F3NO6/c1-33-19-11-8-17(9-12-19)25(32)30(15-18-10-13-20(34-2)14-23(18)35-3)16-24(31)36-22-7-5-4-6-21(22)26(27,28)29/h4-14H,15-16H2,1-3H3. The van der Waals surface area contributed by atoms with Crippen LogP contribution in [0.5, 0.6) is 23.0 Å². The summed E-state index contributed by atoms with van der Waals surface area (Å²) in [7, 11) is 4.41. The Hall–Kier alpha value is -4.21. The van der Waals surface area contributed by atoms with Crippen LogP contribution in [0, 0.1) is 0 Å². The number of nitrogens with zero attached hydrogens (tertiary/aromatic N) is 1. The van der Waals surface area contributed by atoms with Crippen LogP contribution in [0.4, 0.5) is 13.2 Å². The summed E-state index contributed by atoms with van der Waals surface area (Å²) >= 11 is 0. The van der Waals surface area contributed by atoms with E-state index in [-0.39, 0.29) is 12.1 Å². The minimum atomic E-state index is -4.72. The minimum absolute atomic E-state index is 0.0892. The van der Waals surface area contributed by atoms with E-state index in [1.54, 1.807) is 30.3 Å². The largest absolute Gasteiger partial charge is 0.497 e. The number of alkyl halides is 3. The molecule has 3 rings (SSSR count).